The topological polar surface area (TPSA) is 104 Å². The van der Waals surface area contributed by atoms with Crippen LogP contribution in [0.15, 0.2) is 0 Å². The molecule has 0 spiro atoms. The maximum atomic E-state index is 11.4. The Morgan fingerprint density at radius 1 is 0.565 bits per heavy atom. The Labute approximate surface area is 138 Å². The predicted molar refractivity (Wildman–Crippen MR) is 88.3 cm³/mol. The number of carbonyl (C=O) groups excluding carboxylic acids is 1. The molecule has 3 N–H and O–H groups in total. The molecule has 0 aliphatic carbocycles. The Balaban J connectivity index is 3.17. The average molecular weight is 329 g/mol. The first kappa shape index (κ1) is 21.4. The van der Waals surface area contributed by atoms with Crippen molar-refractivity contribution in [3.63, 3.8) is 0 Å². The maximum Gasteiger partial charge on any atom is 0.303 e. The molecule has 0 aromatic rings. The lowest BCUT2D eigenvalue weighted by molar-refractivity contribution is -0.138. The Kier molecular flexibility index (Phi) is 14.3. The van der Waals surface area contributed by atoms with Gasteiger partial charge in [-0.3, -0.25) is 14.4 Å². The molecule has 0 radical (unpaired) electrons. The minimum atomic E-state index is -0.861. The summed E-state index contributed by atoms with van der Waals surface area (Å²) >= 11 is 0. The SMILES string of the molecule is O=C(O)CCCCCCCCCCCNC(=O)CCCC(=O)O. The zero-order valence-corrected chi connectivity index (χ0v) is 14.0. The highest BCUT2D eigenvalue weighted by Gasteiger charge is 2.03. The number of hydrogen-bond acceptors (Lipinski definition) is 3. The summed E-state index contributed by atoms with van der Waals surface area (Å²) in [6, 6.07) is 0. The number of rotatable bonds is 16. The largest absolute Gasteiger partial charge is 0.481 e. The van der Waals surface area contributed by atoms with Gasteiger partial charge in [0.2, 0.25) is 5.91 Å². The Morgan fingerprint density at radius 3 is 1.52 bits per heavy atom. The lowest BCUT2D eigenvalue weighted by Crippen LogP contribution is -2.24. The molecule has 0 bridgehead atoms. The van der Waals surface area contributed by atoms with Crippen molar-refractivity contribution in [1.82, 2.24) is 5.32 Å². The molecule has 0 atom stereocenters. The van der Waals surface area contributed by atoms with Crippen molar-refractivity contribution in [2.75, 3.05) is 6.54 Å². The van der Waals surface area contributed by atoms with Crippen LogP contribution in [0.4, 0.5) is 0 Å². The van der Waals surface area contributed by atoms with Crippen LogP contribution in [0.1, 0.15) is 83.5 Å². The van der Waals surface area contributed by atoms with Crippen molar-refractivity contribution < 1.29 is 24.6 Å². The van der Waals surface area contributed by atoms with E-state index >= 15 is 0 Å². The van der Waals surface area contributed by atoms with E-state index in [9.17, 15) is 14.4 Å². The van der Waals surface area contributed by atoms with Crippen LogP contribution in [0.3, 0.4) is 0 Å². The molecule has 0 unspecified atom stereocenters. The zero-order valence-electron chi connectivity index (χ0n) is 14.0. The molecule has 1 amide bonds. The number of hydrogen-bond donors (Lipinski definition) is 3. The Morgan fingerprint density at radius 2 is 1.00 bits per heavy atom. The molecule has 23 heavy (non-hydrogen) atoms. The van der Waals surface area contributed by atoms with E-state index in [4.69, 9.17) is 10.2 Å². The lowest BCUT2D eigenvalue weighted by Gasteiger charge is -2.05. The normalized spacial score (nSPS) is 10.4. The van der Waals surface area contributed by atoms with Crippen LogP contribution in [-0.4, -0.2) is 34.6 Å². The highest BCUT2D eigenvalue weighted by atomic mass is 16.4. The molecule has 0 heterocycles. The van der Waals surface area contributed by atoms with Gasteiger partial charge in [0.05, 0.1) is 0 Å². The lowest BCUT2D eigenvalue weighted by atomic mass is 10.1. The van der Waals surface area contributed by atoms with Crippen LogP contribution in [0.5, 0.6) is 0 Å². The Hall–Kier alpha value is -1.59. The number of aliphatic carboxylic acids is 2. The fraction of sp³-hybridized carbons (Fsp3) is 0.824. The number of carboxylic acid groups (broad SMARTS) is 2. The summed E-state index contributed by atoms with van der Waals surface area (Å²) < 4.78 is 0. The highest BCUT2D eigenvalue weighted by molar-refractivity contribution is 5.76. The Bertz CT molecular complexity index is 344. The number of carbonyl (C=O) groups is 3. The van der Waals surface area contributed by atoms with Crippen LogP contribution in [0.2, 0.25) is 0 Å². The summed E-state index contributed by atoms with van der Waals surface area (Å²) in [5.74, 6) is -1.63. The van der Waals surface area contributed by atoms with Gasteiger partial charge in [0.25, 0.3) is 0 Å². The van der Waals surface area contributed by atoms with Crippen molar-refractivity contribution in [3.8, 4) is 0 Å². The van der Waals surface area contributed by atoms with E-state index in [1.807, 2.05) is 0 Å². The van der Waals surface area contributed by atoms with Gasteiger partial charge in [0, 0.05) is 25.8 Å². The quantitative estimate of drug-likeness (QED) is 0.377. The van der Waals surface area contributed by atoms with Crippen molar-refractivity contribution >= 4 is 17.8 Å². The second kappa shape index (κ2) is 15.3. The minimum Gasteiger partial charge on any atom is -0.481 e. The van der Waals surface area contributed by atoms with Crippen LogP contribution < -0.4 is 5.32 Å². The van der Waals surface area contributed by atoms with E-state index in [1.54, 1.807) is 0 Å². The van der Waals surface area contributed by atoms with Gasteiger partial charge in [-0.15, -0.1) is 0 Å². The number of amides is 1. The summed E-state index contributed by atoms with van der Waals surface area (Å²) in [5.41, 5.74) is 0. The van der Waals surface area contributed by atoms with Crippen molar-refractivity contribution in [3.05, 3.63) is 0 Å². The molecule has 0 saturated heterocycles. The monoisotopic (exact) mass is 329 g/mol. The summed E-state index contributed by atoms with van der Waals surface area (Å²) in [6.45, 7) is 0.668. The summed E-state index contributed by atoms with van der Waals surface area (Å²) in [5, 5.41) is 19.8. The standard InChI is InChI=1S/C17H31NO5/c19-15(11-10-13-17(22)23)18-14-9-7-5-3-1-2-4-6-8-12-16(20)21/h1-14H2,(H,18,19)(H,20,21)(H,22,23). The van der Waals surface area contributed by atoms with E-state index in [-0.39, 0.29) is 25.2 Å². The fourth-order valence-electron chi connectivity index (χ4n) is 2.36. The predicted octanol–water partition coefficient (Wildman–Crippen LogP) is 3.34. The van der Waals surface area contributed by atoms with E-state index in [2.05, 4.69) is 5.32 Å². The molecule has 0 aromatic carbocycles. The van der Waals surface area contributed by atoms with Gasteiger partial charge < -0.3 is 15.5 Å². The van der Waals surface area contributed by atoms with Gasteiger partial charge in [0.15, 0.2) is 0 Å². The van der Waals surface area contributed by atoms with Gasteiger partial charge in [-0.05, 0) is 19.3 Å². The van der Waals surface area contributed by atoms with Crippen LogP contribution in [0, 0.1) is 0 Å². The number of nitrogens with one attached hydrogen (secondary N) is 1. The van der Waals surface area contributed by atoms with Gasteiger partial charge >= 0.3 is 11.9 Å². The third-order valence-electron chi connectivity index (χ3n) is 3.68. The second-order valence-electron chi connectivity index (χ2n) is 5.92. The van der Waals surface area contributed by atoms with Crippen LogP contribution >= 0.6 is 0 Å². The van der Waals surface area contributed by atoms with E-state index in [0.29, 0.717) is 13.0 Å². The van der Waals surface area contributed by atoms with Crippen molar-refractivity contribution in [1.29, 1.82) is 0 Å². The first-order valence-corrected chi connectivity index (χ1v) is 8.72. The van der Waals surface area contributed by atoms with Crippen molar-refractivity contribution in [2.24, 2.45) is 0 Å². The molecule has 6 nitrogen and oxygen atoms in total. The molecule has 0 aliphatic rings. The van der Waals surface area contributed by atoms with E-state index in [1.165, 1.54) is 19.3 Å². The van der Waals surface area contributed by atoms with Crippen LogP contribution in [0.25, 0.3) is 0 Å². The average Bonchev–Trinajstić information content (AvgIpc) is 2.47. The number of unbranched alkanes of at least 4 members (excludes halogenated alkanes) is 8. The molecule has 0 saturated carbocycles. The first-order chi connectivity index (χ1) is 11.0. The molecular weight excluding hydrogens is 298 g/mol. The van der Waals surface area contributed by atoms with Crippen LogP contribution in [-0.2, 0) is 14.4 Å². The maximum absolute atomic E-state index is 11.4. The van der Waals surface area contributed by atoms with Gasteiger partial charge in [-0.1, -0.05) is 44.9 Å². The highest BCUT2D eigenvalue weighted by Crippen LogP contribution is 2.10. The summed E-state index contributed by atoms with van der Waals surface area (Å²) in [4.78, 5) is 32.0. The molecule has 0 fully saturated rings. The first-order valence-electron chi connectivity index (χ1n) is 8.72. The van der Waals surface area contributed by atoms with Gasteiger partial charge in [-0.25, -0.2) is 0 Å². The molecule has 134 valence electrons. The third kappa shape index (κ3) is 18.4. The van der Waals surface area contributed by atoms with E-state index < -0.39 is 11.9 Å². The summed E-state index contributed by atoms with van der Waals surface area (Å²) in [6.07, 6.45) is 10.6. The van der Waals surface area contributed by atoms with E-state index in [0.717, 1.165) is 38.5 Å². The van der Waals surface area contributed by atoms with Crippen molar-refractivity contribution in [2.45, 2.75) is 83.5 Å². The minimum absolute atomic E-state index is 0.0454. The molecule has 0 aliphatic heterocycles. The molecule has 6 heteroatoms. The van der Waals surface area contributed by atoms with Gasteiger partial charge in [0.1, 0.15) is 0 Å². The summed E-state index contributed by atoms with van der Waals surface area (Å²) in [7, 11) is 0. The molecule has 0 rings (SSSR count). The second-order valence-corrected chi connectivity index (χ2v) is 5.92. The number of carboxylic acids is 2. The zero-order chi connectivity index (χ0) is 17.3. The fourth-order valence-corrected chi connectivity index (χ4v) is 2.36. The molecular formula is C17H31NO5. The van der Waals surface area contributed by atoms with Gasteiger partial charge in [-0.2, -0.15) is 0 Å². The molecule has 0 aromatic heterocycles. The smallest absolute Gasteiger partial charge is 0.303 e. The third-order valence-corrected chi connectivity index (χ3v) is 3.68.